The van der Waals surface area contributed by atoms with E-state index in [1.165, 1.54) is 38.5 Å². The van der Waals surface area contributed by atoms with Crippen molar-refractivity contribution in [3.05, 3.63) is 35.4 Å². The van der Waals surface area contributed by atoms with Gasteiger partial charge in [-0.25, -0.2) is 0 Å². The van der Waals surface area contributed by atoms with Crippen molar-refractivity contribution in [2.45, 2.75) is 51.4 Å². The molecule has 0 radical (unpaired) electrons. The van der Waals surface area contributed by atoms with Crippen LogP contribution in [0.15, 0.2) is 24.3 Å². The van der Waals surface area contributed by atoms with E-state index in [0.29, 0.717) is 12.6 Å². The first kappa shape index (κ1) is 17.9. The summed E-state index contributed by atoms with van der Waals surface area (Å²) < 4.78 is 4.88. The summed E-state index contributed by atoms with van der Waals surface area (Å²) in [6, 6.07) is 8.51. The molecule has 1 aliphatic heterocycles. The highest BCUT2D eigenvalue weighted by molar-refractivity contribution is 5.81. The second-order valence-electron chi connectivity index (χ2n) is 6.41. The summed E-state index contributed by atoms with van der Waals surface area (Å²) in [5.41, 5.74) is 8.10. The largest absolute Gasteiger partial charge is 0.383 e. The van der Waals surface area contributed by atoms with Gasteiger partial charge in [-0.1, -0.05) is 30.7 Å². The van der Waals surface area contributed by atoms with Crippen molar-refractivity contribution in [3.63, 3.8) is 0 Å². The van der Waals surface area contributed by atoms with Gasteiger partial charge in [-0.2, -0.15) is 0 Å². The Bertz CT molecular complexity index is 490. The smallest absolute Gasteiger partial charge is 0.239 e. The molecule has 1 heterocycles. The Hall–Kier alpha value is -1.43. The number of hydrogen-bond donors (Lipinski definition) is 2. The molecule has 1 amide bonds. The number of nitrogens with one attached hydrogen (secondary N) is 1. The predicted molar refractivity (Wildman–Crippen MR) is 91.9 cm³/mol. The second kappa shape index (κ2) is 9.01. The van der Waals surface area contributed by atoms with Crippen molar-refractivity contribution in [2.75, 3.05) is 20.3 Å². The van der Waals surface area contributed by atoms with Crippen LogP contribution >= 0.6 is 0 Å². The van der Waals surface area contributed by atoms with Gasteiger partial charge < -0.3 is 15.8 Å². The van der Waals surface area contributed by atoms with E-state index in [2.05, 4.69) is 41.4 Å². The van der Waals surface area contributed by atoms with Crippen molar-refractivity contribution in [3.8, 4) is 0 Å². The van der Waals surface area contributed by atoms with Crippen molar-refractivity contribution in [2.24, 2.45) is 5.73 Å². The Morgan fingerprint density at radius 1 is 1.35 bits per heavy atom. The zero-order chi connectivity index (χ0) is 16.7. The number of rotatable bonds is 7. The molecule has 1 saturated heterocycles. The number of likely N-dealkylation sites (tertiary alicyclic amines) is 1. The summed E-state index contributed by atoms with van der Waals surface area (Å²) in [5, 5.41) is 2.84. The Kier molecular flexibility index (Phi) is 7.02. The Morgan fingerprint density at radius 2 is 2.04 bits per heavy atom. The molecule has 1 aliphatic rings. The highest BCUT2D eigenvalue weighted by Gasteiger charge is 2.18. The Labute approximate surface area is 139 Å². The highest BCUT2D eigenvalue weighted by atomic mass is 16.5. The van der Waals surface area contributed by atoms with Crippen LogP contribution in [0, 0.1) is 0 Å². The SMILES string of the molecule is COCC(N)C(=O)NCc1ccc(CN2CCCCC2C)cc1. The minimum atomic E-state index is -0.611. The number of piperidine rings is 1. The van der Waals surface area contributed by atoms with Gasteiger partial charge in [0.2, 0.25) is 5.91 Å². The molecule has 0 bridgehead atoms. The van der Waals surface area contributed by atoms with E-state index in [9.17, 15) is 4.79 Å². The third-order valence-corrected chi connectivity index (χ3v) is 4.50. The molecule has 23 heavy (non-hydrogen) atoms. The van der Waals surface area contributed by atoms with E-state index in [0.717, 1.165) is 12.1 Å². The van der Waals surface area contributed by atoms with E-state index in [-0.39, 0.29) is 12.5 Å². The number of ether oxygens (including phenoxy) is 1. The Balaban J connectivity index is 1.81. The topological polar surface area (TPSA) is 67.6 Å². The number of carbonyl (C=O) groups is 1. The summed E-state index contributed by atoms with van der Waals surface area (Å²) in [5.74, 6) is -0.182. The van der Waals surface area contributed by atoms with Crippen LogP contribution in [0.5, 0.6) is 0 Å². The van der Waals surface area contributed by atoms with Crippen LogP contribution in [0.4, 0.5) is 0 Å². The number of amides is 1. The van der Waals surface area contributed by atoms with Crippen LogP contribution in [0.25, 0.3) is 0 Å². The zero-order valence-electron chi connectivity index (χ0n) is 14.3. The molecular formula is C18H29N3O2. The number of methoxy groups -OCH3 is 1. The van der Waals surface area contributed by atoms with Gasteiger partial charge in [0.25, 0.3) is 0 Å². The van der Waals surface area contributed by atoms with Gasteiger partial charge in [0.05, 0.1) is 6.61 Å². The lowest BCUT2D eigenvalue weighted by molar-refractivity contribution is -0.123. The van der Waals surface area contributed by atoms with Gasteiger partial charge in [0, 0.05) is 26.2 Å². The molecule has 0 aliphatic carbocycles. The number of nitrogens with two attached hydrogens (primary N) is 1. The molecule has 0 saturated carbocycles. The average Bonchev–Trinajstić information content (AvgIpc) is 2.56. The fourth-order valence-electron chi connectivity index (χ4n) is 2.97. The minimum Gasteiger partial charge on any atom is -0.383 e. The molecular weight excluding hydrogens is 290 g/mol. The summed E-state index contributed by atoms with van der Waals surface area (Å²) in [7, 11) is 1.54. The van der Waals surface area contributed by atoms with Crippen LogP contribution in [0.3, 0.4) is 0 Å². The van der Waals surface area contributed by atoms with Crippen molar-refractivity contribution >= 4 is 5.91 Å². The van der Waals surface area contributed by atoms with Gasteiger partial charge in [-0.05, 0) is 37.4 Å². The van der Waals surface area contributed by atoms with E-state index in [1.54, 1.807) is 0 Å². The quantitative estimate of drug-likeness (QED) is 0.802. The minimum absolute atomic E-state index is 0.182. The van der Waals surface area contributed by atoms with Crippen LogP contribution in [-0.4, -0.2) is 43.2 Å². The van der Waals surface area contributed by atoms with Crippen molar-refractivity contribution in [1.82, 2.24) is 10.2 Å². The van der Waals surface area contributed by atoms with Crippen molar-refractivity contribution in [1.29, 1.82) is 0 Å². The number of benzene rings is 1. The lowest BCUT2D eigenvalue weighted by atomic mass is 10.0. The summed E-state index contributed by atoms with van der Waals surface area (Å²) in [6.45, 7) is 5.24. The number of hydrogen-bond acceptors (Lipinski definition) is 4. The molecule has 0 spiro atoms. The molecule has 1 aromatic rings. The van der Waals surface area contributed by atoms with E-state index < -0.39 is 6.04 Å². The van der Waals surface area contributed by atoms with Gasteiger partial charge in [0.15, 0.2) is 0 Å². The first-order valence-corrected chi connectivity index (χ1v) is 8.44. The van der Waals surface area contributed by atoms with Gasteiger partial charge in [-0.3, -0.25) is 9.69 Å². The Morgan fingerprint density at radius 3 is 2.70 bits per heavy atom. The number of nitrogens with zero attached hydrogens (tertiary/aromatic N) is 1. The standard InChI is InChI=1S/C18H29N3O2/c1-14-5-3-4-10-21(14)12-16-8-6-15(7-9-16)11-20-18(22)17(19)13-23-2/h6-9,14,17H,3-5,10-13,19H2,1-2H3,(H,20,22). The normalized spacial score (nSPS) is 20.2. The first-order valence-electron chi connectivity index (χ1n) is 8.44. The highest BCUT2D eigenvalue weighted by Crippen LogP contribution is 2.19. The van der Waals surface area contributed by atoms with Crippen LogP contribution in [0.2, 0.25) is 0 Å². The number of carbonyl (C=O) groups excluding carboxylic acids is 1. The predicted octanol–water partition coefficient (Wildman–Crippen LogP) is 1.65. The van der Waals surface area contributed by atoms with Crippen LogP contribution in [0.1, 0.15) is 37.3 Å². The molecule has 3 N–H and O–H groups in total. The van der Waals surface area contributed by atoms with Gasteiger partial charge >= 0.3 is 0 Å². The molecule has 5 nitrogen and oxygen atoms in total. The molecule has 2 unspecified atom stereocenters. The molecule has 2 atom stereocenters. The second-order valence-corrected chi connectivity index (χ2v) is 6.41. The van der Waals surface area contributed by atoms with Crippen molar-refractivity contribution < 1.29 is 9.53 Å². The maximum Gasteiger partial charge on any atom is 0.239 e. The first-order chi connectivity index (χ1) is 11.1. The van der Waals surface area contributed by atoms with Crippen LogP contribution < -0.4 is 11.1 Å². The lowest BCUT2D eigenvalue weighted by Gasteiger charge is -2.33. The zero-order valence-corrected chi connectivity index (χ0v) is 14.3. The monoisotopic (exact) mass is 319 g/mol. The average molecular weight is 319 g/mol. The molecule has 2 rings (SSSR count). The van der Waals surface area contributed by atoms with E-state index in [1.807, 2.05) is 0 Å². The molecule has 5 heteroatoms. The van der Waals surface area contributed by atoms with Gasteiger partial charge in [-0.15, -0.1) is 0 Å². The summed E-state index contributed by atoms with van der Waals surface area (Å²) in [6.07, 6.45) is 3.95. The van der Waals surface area contributed by atoms with Crippen LogP contribution in [-0.2, 0) is 22.6 Å². The maximum absolute atomic E-state index is 11.7. The third kappa shape index (κ3) is 5.61. The lowest BCUT2D eigenvalue weighted by Crippen LogP contribution is -2.43. The van der Waals surface area contributed by atoms with Gasteiger partial charge in [0.1, 0.15) is 6.04 Å². The molecule has 0 aromatic heterocycles. The van der Waals surface area contributed by atoms with E-state index >= 15 is 0 Å². The summed E-state index contributed by atoms with van der Waals surface area (Å²) >= 11 is 0. The molecule has 1 fully saturated rings. The third-order valence-electron chi connectivity index (χ3n) is 4.50. The van der Waals surface area contributed by atoms with E-state index in [4.69, 9.17) is 10.5 Å². The molecule has 1 aromatic carbocycles. The summed E-state index contributed by atoms with van der Waals surface area (Å²) in [4.78, 5) is 14.3. The molecule has 128 valence electrons. The fraction of sp³-hybridized carbons (Fsp3) is 0.611. The maximum atomic E-state index is 11.7. The fourth-order valence-corrected chi connectivity index (χ4v) is 2.97.